The van der Waals surface area contributed by atoms with Crippen molar-refractivity contribution in [1.82, 2.24) is 9.80 Å². The van der Waals surface area contributed by atoms with Crippen LogP contribution in [0.25, 0.3) is 0 Å². The van der Waals surface area contributed by atoms with Crippen LogP contribution in [0.15, 0.2) is 12.3 Å². The third-order valence-corrected chi connectivity index (χ3v) is 2.44. The Morgan fingerprint density at radius 2 is 2.30 bits per heavy atom. The van der Waals surface area contributed by atoms with Gasteiger partial charge in [-0.2, -0.15) is 0 Å². The molecule has 56 valence electrons. The number of piperazine rings is 1. The van der Waals surface area contributed by atoms with E-state index in [4.69, 9.17) is 0 Å². The van der Waals surface area contributed by atoms with Crippen molar-refractivity contribution >= 4 is 0 Å². The van der Waals surface area contributed by atoms with Crippen molar-refractivity contribution in [2.24, 2.45) is 0 Å². The number of rotatable bonds is 0. The van der Waals surface area contributed by atoms with Gasteiger partial charge in [-0.25, -0.2) is 0 Å². The van der Waals surface area contributed by atoms with Gasteiger partial charge in [-0.05, 0) is 19.7 Å². The molecule has 1 atom stereocenters. The Labute approximate surface area is 62.1 Å². The van der Waals surface area contributed by atoms with E-state index in [1.54, 1.807) is 0 Å². The molecular weight excluding hydrogens is 124 g/mol. The highest BCUT2D eigenvalue weighted by Gasteiger charge is 2.24. The molecule has 0 spiro atoms. The molecule has 2 rings (SSSR count). The van der Waals surface area contributed by atoms with Crippen LogP contribution < -0.4 is 0 Å². The van der Waals surface area contributed by atoms with Gasteiger partial charge in [0.2, 0.25) is 0 Å². The minimum atomic E-state index is 0.791. The monoisotopic (exact) mass is 138 g/mol. The summed E-state index contributed by atoms with van der Waals surface area (Å²) in [5.74, 6) is 0. The van der Waals surface area contributed by atoms with Gasteiger partial charge in [-0.3, -0.25) is 0 Å². The summed E-state index contributed by atoms with van der Waals surface area (Å²) in [5.41, 5.74) is 0. The molecule has 1 unspecified atom stereocenters. The van der Waals surface area contributed by atoms with Crippen LogP contribution in [-0.4, -0.2) is 42.5 Å². The molecule has 2 nitrogen and oxygen atoms in total. The first-order chi connectivity index (χ1) is 4.86. The van der Waals surface area contributed by atoms with Crippen molar-refractivity contribution in [3.05, 3.63) is 12.3 Å². The quantitative estimate of drug-likeness (QED) is 0.481. The largest absolute Gasteiger partial charge is 0.372 e. The van der Waals surface area contributed by atoms with E-state index in [2.05, 4.69) is 29.1 Å². The lowest BCUT2D eigenvalue weighted by molar-refractivity contribution is 0.146. The van der Waals surface area contributed by atoms with Crippen LogP contribution in [0, 0.1) is 0 Å². The van der Waals surface area contributed by atoms with Gasteiger partial charge in [-0.15, -0.1) is 0 Å². The van der Waals surface area contributed by atoms with Crippen LogP contribution in [-0.2, 0) is 0 Å². The first kappa shape index (κ1) is 6.23. The number of likely N-dealkylation sites (N-methyl/N-ethyl adjacent to an activating group) is 1. The van der Waals surface area contributed by atoms with Crippen molar-refractivity contribution < 1.29 is 0 Å². The van der Waals surface area contributed by atoms with Gasteiger partial charge < -0.3 is 9.80 Å². The standard InChI is InChI=1S/C8H14N2/c1-9-5-6-10-4-2-3-8(10)7-9/h2,4,8H,3,5-7H2,1H3. The van der Waals surface area contributed by atoms with E-state index >= 15 is 0 Å². The topological polar surface area (TPSA) is 6.48 Å². The summed E-state index contributed by atoms with van der Waals surface area (Å²) < 4.78 is 0. The van der Waals surface area contributed by atoms with E-state index < -0.39 is 0 Å². The highest BCUT2D eigenvalue weighted by atomic mass is 15.3. The molecule has 0 radical (unpaired) electrons. The predicted molar refractivity (Wildman–Crippen MR) is 41.7 cm³/mol. The van der Waals surface area contributed by atoms with E-state index in [-0.39, 0.29) is 0 Å². The first-order valence-electron chi connectivity index (χ1n) is 3.97. The second kappa shape index (κ2) is 2.27. The second-order valence-electron chi connectivity index (χ2n) is 3.27. The van der Waals surface area contributed by atoms with E-state index in [0.717, 1.165) is 6.04 Å². The van der Waals surface area contributed by atoms with Gasteiger partial charge in [0.1, 0.15) is 0 Å². The van der Waals surface area contributed by atoms with Crippen molar-refractivity contribution in [1.29, 1.82) is 0 Å². The van der Waals surface area contributed by atoms with Gasteiger partial charge in [0, 0.05) is 25.7 Å². The summed E-state index contributed by atoms with van der Waals surface area (Å²) in [6.45, 7) is 3.69. The minimum absolute atomic E-state index is 0.791. The molecule has 0 amide bonds. The Bertz CT molecular complexity index is 153. The Balaban J connectivity index is 2.01. The van der Waals surface area contributed by atoms with E-state index in [1.165, 1.54) is 26.1 Å². The zero-order chi connectivity index (χ0) is 6.97. The molecule has 2 heterocycles. The smallest absolute Gasteiger partial charge is 0.0446 e. The van der Waals surface area contributed by atoms with E-state index in [1.807, 2.05) is 0 Å². The second-order valence-corrected chi connectivity index (χ2v) is 3.27. The lowest BCUT2D eigenvalue weighted by Gasteiger charge is -2.36. The van der Waals surface area contributed by atoms with Gasteiger partial charge in [0.25, 0.3) is 0 Å². The van der Waals surface area contributed by atoms with Gasteiger partial charge in [0.15, 0.2) is 0 Å². The lowest BCUT2D eigenvalue weighted by Crippen LogP contribution is -2.47. The first-order valence-corrected chi connectivity index (χ1v) is 3.97. The molecule has 0 aromatic rings. The van der Waals surface area contributed by atoms with Gasteiger partial charge >= 0.3 is 0 Å². The molecule has 2 heteroatoms. The average Bonchev–Trinajstić information content (AvgIpc) is 2.33. The predicted octanol–water partition coefficient (Wildman–Crippen LogP) is 0.520. The molecule has 0 bridgehead atoms. The van der Waals surface area contributed by atoms with Crippen molar-refractivity contribution in [3.63, 3.8) is 0 Å². The van der Waals surface area contributed by atoms with E-state index in [9.17, 15) is 0 Å². The van der Waals surface area contributed by atoms with Crippen molar-refractivity contribution in [2.75, 3.05) is 26.7 Å². The van der Waals surface area contributed by atoms with Crippen molar-refractivity contribution in [3.8, 4) is 0 Å². The molecular formula is C8H14N2. The van der Waals surface area contributed by atoms with Crippen LogP contribution in [0.2, 0.25) is 0 Å². The number of hydrogen-bond acceptors (Lipinski definition) is 2. The van der Waals surface area contributed by atoms with Crippen LogP contribution in [0.5, 0.6) is 0 Å². The van der Waals surface area contributed by atoms with Crippen molar-refractivity contribution in [2.45, 2.75) is 12.5 Å². The number of fused-ring (bicyclic) bond motifs is 1. The molecule has 10 heavy (non-hydrogen) atoms. The zero-order valence-corrected chi connectivity index (χ0v) is 6.45. The Morgan fingerprint density at radius 3 is 3.20 bits per heavy atom. The summed E-state index contributed by atoms with van der Waals surface area (Å²) in [7, 11) is 2.20. The Kier molecular flexibility index (Phi) is 1.42. The third-order valence-electron chi connectivity index (χ3n) is 2.44. The molecule has 0 saturated carbocycles. The molecule has 1 saturated heterocycles. The molecule has 0 aliphatic carbocycles. The van der Waals surface area contributed by atoms with Crippen LogP contribution in [0.4, 0.5) is 0 Å². The summed E-state index contributed by atoms with van der Waals surface area (Å²) >= 11 is 0. The molecule has 2 aliphatic heterocycles. The molecule has 2 aliphatic rings. The number of nitrogens with zero attached hydrogens (tertiary/aromatic N) is 2. The fourth-order valence-electron chi connectivity index (χ4n) is 1.78. The Hall–Kier alpha value is -0.500. The molecule has 0 aromatic heterocycles. The molecule has 1 fully saturated rings. The highest BCUT2D eigenvalue weighted by molar-refractivity contribution is 5.00. The minimum Gasteiger partial charge on any atom is -0.372 e. The fourth-order valence-corrected chi connectivity index (χ4v) is 1.78. The van der Waals surface area contributed by atoms with Crippen LogP contribution in [0.3, 0.4) is 0 Å². The lowest BCUT2D eigenvalue weighted by atomic mass is 10.2. The average molecular weight is 138 g/mol. The number of hydrogen-bond donors (Lipinski definition) is 0. The zero-order valence-electron chi connectivity index (χ0n) is 6.45. The van der Waals surface area contributed by atoms with Gasteiger partial charge in [-0.1, -0.05) is 6.08 Å². The SMILES string of the molecule is CN1CCN2C=CCC2C1. The maximum absolute atomic E-state index is 2.46. The normalized spacial score (nSPS) is 32.9. The Morgan fingerprint density at radius 1 is 1.40 bits per heavy atom. The van der Waals surface area contributed by atoms with E-state index in [0.29, 0.717) is 0 Å². The third kappa shape index (κ3) is 0.926. The maximum atomic E-state index is 2.46. The maximum Gasteiger partial charge on any atom is 0.0446 e. The summed E-state index contributed by atoms with van der Waals surface area (Å²) in [4.78, 5) is 4.87. The van der Waals surface area contributed by atoms with Crippen LogP contribution >= 0.6 is 0 Å². The molecule has 0 N–H and O–H groups in total. The fraction of sp³-hybridized carbons (Fsp3) is 0.750. The van der Waals surface area contributed by atoms with Crippen LogP contribution in [0.1, 0.15) is 6.42 Å². The molecule has 0 aromatic carbocycles. The van der Waals surface area contributed by atoms with Gasteiger partial charge in [0.05, 0.1) is 0 Å². The summed E-state index contributed by atoms with van der Waals surface area (Å²) in [6.07, 6.45) is 5.78. The summed E-state index contributed by atoms with van der Waals surface area (Å²) in [5, 5.41) is 0. The summed E-state index contributed by atoms with van der Waals surface area (Å²) in [6, 6.07) is 0.791. The highest BCUT2D eigenvalue weighted by Crippen LogP contribution is 2.17.